The summed E-state index contributed by atoms with van der Waals surface area (Å²) in [6, 6.07) is 0.732. The van der Waals surface area contributed by atoms with Crippen LogP contribution in [0.25, 0.3) is 0 Å². The summed E-state index contributed by atoms with van der Waals surface area (Å²) in [5.41, 5.74) is 0. The second-order valence-electron chi connectivity index (χ2n) is 5.88. The van der Waals surface area contributed by atoms with Crippen LogP contribution in [0.1, 0.15) is 58.3 Å². The number of hydrogen-bond donors (Lipinski definition) is 1. The average molecular weight is 255 g/mol. The first-order chi connectivity index (χ1) is 8.84. The van der Waals surface area contributed by atoms with Crippen LogP contribution in [0.15, 0.2) is 0 Å². The van der Waals surface area contributed by atoms with Crippen molar-refractivity contribution in [3.63, 3.8) is 0 Å². The Hall–Kier alpha value is -0.120. The van der Waals surface area contributed by atoms with E-state index in [1.54, 1.807) is 0 Å². The quantitative estimate of drug-likeness (QED) is 0.791. The van der Waals surface area contributed by atoms with E-state index in [0.717, 1.165) is 25.8 Å². The molecule has 1 aliphatic heterocycles. The maximum absolute atomic E-state index is 5.89. The van der Waals surface area contributed by atoms with Gasteiger partial charge in [0.15, 0.2) is 0 Å². The summed E-state index contributed by atoms with van der Waals surface area (Å²) in [5, 5.41) is 3.64. The molecule has 2 rings (SSSR count). The van der Waals surface area contributed by atoms with E-state index in [1.165, 1.54) is 51.4 Å². The van der Waals surface area contributed by atoms with Crippen molar-refractivity contribution < 1.29 is 9.47 Å². The van der Waals surface area contributed by atoms with E-state index < -0.39 is 0 Å². The smallest absolute Gasteiger partial charge is 0.0808 e. The number of rotatable bonds is 6. The highest BCUT2D eigenvalue weighted by atomic mass is 16.5. The van der Waals surface area contributed by atoms with E-state index in [4.69, 9.17) is 9.47 Å². The molecule has 2 aliphatic rings. The zero-order valence-electron chi connectivity index (χ0n) is 11.8. The molecule has 1 heterocycles. The molecule has 1 saturated heterocycles. The second kappa shape index (κ2) is 8.13. The SMILES string of the molecule is CC(CNC1CCCCC1)OCC1CCCCO1. The Morgan fingerprint density at radius 1 is 1.11 bits per heavy atom. The van der Waals surface area contributed by atoms with E-state index in [9.17, 15) is 0 Å². The van der Waals surface area contributed by atoms with Crippen LogP contribution in [0.4, 0.5) is 0 Å². The standard InChI is InChI=1S/C15H29NO2/c1-13(11-16-14-7-3-2-4-8-14)18-12-15-9-5-6-10-17-15/h13-16H,2-12H2,1H3. The highest BCUT2D eigenvalue weighted by Gasteiger charge is 2.17. The summed E-state index contributed by atoms with van der Waals surface area (Å²) in [4.78, 5) is 0. The van der Waals surface area contributed by atoms with Crippen LogP contribution in [-0.2, 0) is 9.47 Å². The van der Waals surface area contributed by atoms with Crippen LogP contribution in [0.5, 0.6) is 0 Å². The molecule has 0 aromatic heterocycles. The van der Waals surface area contributed by atoms with Crippen LogP contribution in [0.3, 0.4) is 0 Å². The van der Waals surface area contributed by atoms with E-state index in [0.29, 0.717) is 12.2 Å². The van der Waals surface area contributed by atoms with Gasteiger partial charge in [-0.15, -0.1) is 0 Å². The van der Waals surface area contributed by atoms with Crippen molar-refractivity contribution in [1.29, 1.82) is 0 Å². The van der Waals surface area contributed by atoms with Crippen molar-refractivity contribution in [3.8, 4) is 0 Å². The van der Waals surface area contributed by atoms with Crippen LogP contribution in [0.2, 0.25) is 0 Å². The molecule has 1 N–H and O–H groups in total. The van der Waals surface area contributed by atoms with Gasteiger partial charge in [0, 0.05) is 19.2 Å². The summed E-state index contributed by atoms with van der Waals surface area (Å²) in [5.74, 6) is 0. The Kier molecular flexibility index (Phi) is 6.46. The Morgan fingerprint density at radius 3 is 2.61 bits per heavy atom. The summed E-state index contributed by atoms with van der Waals surface area (Å²) in [6.07, 6.45) is 11.2. The topological polar surface area (TPSA) is 30.5 Å². The summed E-state index contributed by atoms with van der Waals surface area (Å²) >= 11 is 0. The lowest BCUT2D eigenvalue weighted by atomic mass is 9.95. The monoisotopic (exact) mass is 255 g/mol. The van der Waals surface area contributed by atoms with Gasteiger partial charge < -0.3 is 14.8 Å². The normalized spacial score (nSPS) is 28.2. The van der Waals surface area contributed by atoms with Crippen molar-refractivity contribution in [2.75, 3.05) is 19.8 Å². The first kappa shape index (κ1) is 14.3. The second-order valence-corrected chi connectivity index (χ2v) is 5.88. The van der Waals surface area contributed by atoms with E-state index in [2.05, 4.69) is 12.2 Å². The zero-order valence-corrected chi connectivity index (χ0v) is 11.8. The molecule has 2 fully saturated rings. The van der Waals surface area contributed by atoms with Gasteiger partial charge in [0.25, 0.3) is 0 Å². The van der Waals surface area contributed by atoms with Crippen molar-refractivity contribution in [2.45, 2.75) is 76.5 Å². The van der Waals surface area contributed by atoms with Gasteiger partial charge in [0.2, 0.25) is 0 Å². The van der Waals surface area contributed by atoms with E-state index in [-0.39, 0.29) is 0 Å². The molecule has 18 heavy (non-hydrogen) atoms. The van der Waals surface area contributed by atoms with Gasteiger partial charge in [-0.1, -0.05) is 19.3 Å². The van der Waals surface area contributed by atoms with Gasteiger partial charge in [0.1, 0.15) is 0 Å². The van der Waals surface area contributed by atoms with Gasteiger partial charge in [0.05, 0.1) is 18.8 Å². The molecule has 2 unspecified atom stereocenters. The molecule has 106 valence electrons. The first-order valence-electron chi connectivity index (χ1n) is 7.81. The fourth-order valence-electron chi connectivity index (χ4n) is 2.91. The molecule has 0 radical (unpaired) electrons. The lowest BCUT2D eigenvalue weighted by Crippen LogP contribution is -2.38. The molecule has 0 aromatic carbocycles. The van der Waals surface area contributed by atoms with Crippen LogP contribution < -0.4 is 5.32 Å². The molecule has 1 aliphatic carbocycles. The van der Waals surface area contributed by atoms with Gasteiger partial charge in [-0.2, -0.15) is 0 Å². The van der Waals surface area contributed by atoms with Gasteiger partial charge in [-0.25, -0.2) is 0 Å². The highest BCUT2D eigenvalue weighted by Crippen LogP contribution is 2.17. The number of nitrogens with one attached hydrogen (secondary N) is 1. The Bertz CT molecular complexity index is 189. The van der Waals surface area contributed by atoms with Crippen molar-refractivity contribution >= 4 is 0 Å². The van der Waals surface area contributed by atoms with E-state index in [1.807, 2.05) is 0 Å². The third kappa shape index (κ3) is 5.25. The number of ether oxygens (including phenoxy) is 2. The largest absolute Gasteiger partial charge is 0.376 e. The van der Waals surface area contributed by atoms with E-state index >= 15 is 0 Å². The molecule has 1 saturated carbocycles. The summed E-state index contributed by atoms with van der Waals surface area (Å²) in [7, 11) is 0. The molecule has 2 atom stereocenters. The van der Waals surface area contributed by atoms with Gasteiger partial charge in [-0.05, 0) is 39.0 Å². The van der Waals surface area contributed by atoms with Crippen LogP contribution >= 0.6 is 0 Å². The third-order valence-electron chi connectivity index (χ3n) is 4.14. The molecular weight excluding hydrogens is 226 g/mol. The highest BCUT2D eigenvalue weighted by molar-refractivity contribution is 4.73. The van der Waals surface area contributed by atoms with Crippen molar-refractivity contribution in [3.05, 3.63) is 0 Å². The fourth-order valence-corrected chi connectivity index (χ4v) is 2.91. The van der Waals surface area contributed by atoms with Crippen LogP contribution in [-0.4, -0.2) is 38.0 Å². The fraction of sp³-hybridized carbons (Fsp3) is 1.00. The minimum atomic E-state index is 0.303. The Labute approximate surface area is 112 Å². The van der Waals surface area contributed by atoms with Gasteiger partial charge in [-0.3, -0.25) is 0 Å². The molecule has 0 spiro atoms. The molecule has 0 aromatic rings. The third-order valence-corrected chi connectivity index (χ3v) is 4.14. The minimum absolute atomic E-state index is 0.303. The summed E-state index contributed by atoms with van der Waals surface area (Å²) < 4.78 is 11.6. The van der Waals surface area contributed by atoms with Crippen molar-refractivity contribution in [1.82, 2.24) is 5.32 Å². The molecule has 0 amide bonds. The number of hydrogen-bond acceptors (Lipinski definition) is 3. The van der Waals surface area contributed by atoms with Crippen LogP contribution in [0, 0.1) is 0 Å². The molecular formula is C15H29NO2. The maximum atomic E-state index is 5.89. The lowest BCUT2D eigenvalue weighted by Gasteiger charge is -2.26. The van der Waals surface area contributed by atoms with Crippen molar-refractivity contribution in [2.24, 2.45) is 0 Å². The maximum Gasteiger partial charge on any atom is 0.0808 e. The lowest BCUT2D eigenvalue weighted by molar-refractivity contribution is -0.0588. The minimum Gasteiger partial charge on any atom is -0.376 e. The Balaban J connectivity index is 1.52. The van der Waals surface area contributed by atoms with Gasteiger partial charge >= 0.3 is 0 Å². The molecule has 3 nitrogen and oxygen atoms in total. The zero-order chi connectivity index (χ0) is 12.6. The Morgan fingerprint density at radius 2 is 1.89 bits per heavy atom. The predicted molar refractivity (Wildman–Crippen MR) is 73.9 cm³/mol. The first-order valence-corrected chi connectivity index (χ1v) is 7.81. The average Bonchev–Trinajstić information content (AvgIpc) is 2.45. The molecule has 3 heteroatoms. The summed E-state index contributed by atoms with van der Waals surface area (Å²) in [6.45, 7) is 4.84. The molecule has 0 bridgehead atoms. The predicted octanol–water partition coefficient (Wildman–Crippen LogP) is 2.88.